The second-order valence-electron chi connectivity index (χ2n) is 3.58. The van der Waals surface area contributed by atoms with Gasteiger partial charge in [0.2, 0.25) is 0 Å². The van der Waals surface area contributed by atoms with Crippen molar-refractivity contribution < 1.29 is 12.3 Å². The fraction of sp³-hybridized carbons (Fsp3) is 0.400. The molecule has 0 radical (unpaired) electrons. The van der Waals surface area contributed by atoms with Gasteiger partial charge >= 0.3 is 5.97 Å². The van der Waals surface area contributed by atoms with Crippen LogP contribution in [0.1, 0.15) is 34.5 Å². The zero-order valence-corrected chi connectivity index (χ0v) is 10.1. The van der Waals surface area contributed by atoms with Crippen molar-refractivity contribution in [1.82, 2.24) is 0 Å². The van der Waals surface area contributed by atoms with Gasteiger partial charge in [0.15, 0.2) is 0 Å². The minimum absolute atomic E-state index is 0.270. The second-order valence-corrected chi connectivity index (χ2v) is 3.58. The first kappa shape index (κ1) is 10.6. The van der Waals surface area contributed by atoms with Gasteiger partial charge < -0.3 is 4.74 Å². The lowest BCUT2D eigenvalue weighted by Gasteiger charge is -2.03. The molecule has 92 valence electrons. The molecular weight excluding hydrogens is 212 g/mol. The number of carbonyl (C=O) groups is 1. The summed E-state index contributed by atoms with van der Waals surface area (Å²) in [4.78, 5) is 11.6. The molecule has 17 heavy (non-hydrogen) atoms. The topological polar surface area (TPSA) is 26.3 Å². The van der Waals surface area contributed by atoms with Crippen LogP contribution in [0.2, 0.25) is 0 Å². The predicted octanol–water partition coefficient (Wildman–Crippen LogP) is 3.52. The highest BCUT2D eigenvalue weighted by molar-refractivity contribution is 5.69. The molecule has 1 aromatic rings. The van der Waals surface area contributed by atoms with E-state index >= 15 is 0 Å². The Morgan fingerprint density at radius 3 is 2.82 bits per heavy atom. The minimum Gasteiger partial charge on any atom is -0.465 e. The molecule has 0 aromatic heterocycles. The molecule has 1 aromatic carbocycles. The molecule has 0 heterocycles. The smallest absolute Gasteiger partial charge is 0.306 e. The van der Waals surface area contributed by atoms with E-state index in [2.05, 4.69) is 0 Å². The summed E-state index contributed by atoms with van der Waals surface area (Å²) < 4.78 is 20.6. The average molecular weight is 234 g/mol. The first-order valence-corrected chi connectivity index (χ1v) is 5.88. The number of carbonyl (C=O) groups excluding carboxylic acids is 1. The maximum Gasteiger partial charge on any atom is 0.306 e. The highest BCUT2D eigenvalue weighted by atomic mass is 16.5. The lowest BCUT2D eigenvalue weighted by molar-refractivity contribution is -0.143. The number of esters is 1. The van der Waals surface area contributed by atoms with Crippen LogP contribution in [0.25, 0.3) is 0 Å². The zero-order valence-electron chi connectivity index (χ0n) is 12.1. The van der Waals surface area contributed by atoms with Crippen LogP contribution in [-0.4, -0.2) is 12.6 Å². The number of aryl methyl sites for hydroxylation is 1. The molecule has 0 aliphatic rings. The molecule has 2 heteroatoms. The fourth-order valence-electron chi connectivity index (χ4n) is 1.29. The van der Waals surface area contributed by atoms with Crippen molar-refractivity contribution in [3.05, 3.63) is 48.0 Å². The first-order valence-electron chi connectivity index (χ1n) is 7.03. The van der Waals surface area contributed by atoms with Gasteiger partial charge in [-0.1, -0.05) is 49.4 Å². The Kier molecular flexibility index (Phi) is 5.33. The summed E-state index contributed by atoms with van der Waals surface area (Å²) >= 11 is 0. The zero-order chi connectivity index (χ0) is 14.1. The highest BCUT2D eigenvalue weighted by Crippen LogP contribution is 2.03. The van der Waals surface area contributed by atoms with Crippen molar-refractivity contribution in [2.24, 2.45) is 0 Å². The minimum atomic E-state index is -1.20. The summed E-state index contributed by atoms with van der Waals surface area (Å²) in [6.45, 7) is 2.30. The van der Waals surface area contributed by atoms with Crippen LogP contribution in [0.15, 0.2) is 42.5 Å². The molecule has 2 nitrogen and oxygen atoms in total. The molecule has 0 bridgehead atoms. The largest absolute Gasteiger partial charge is 0.465 e. The van der Waals surface area contributed by atoms with Gasteiger partial charge in [-0.05, 0) is 24.8 Å². The van der Waals surface area contributed by atoms with Crippen LogP contribution in [0.5, 0.6) is 0 Å². The predicted molar refractivity (Wildman–Crippen MR) is 69.8 cm³/mol. The molecule has 2 unspecified atom stereocenters. The van der Waals surface area contributed by atoms with Crippen molar-refractivity contribution in [3.63, 3.8) is 0 Å². The summed E-state index contributed by atoms with van der Waals surface area (Å²) in [6, 6.07) is 8.93. The fourth-order valence-corrected chi connectivity index (χ4v) is 1.29. The molecule has 0 aliphatic carbocycles. The van der Waals surface area contributed by atoms with Crippen LogP contribution < -0.4 is 0 Å². The Hall–Kier alpha value is -1.57. The lowest BCUT2D eigenvalue weighted by atomic mass is 10.1. The molecule has 0 saturated heterocycles. The maximum atomic E-state index is 11.6. The summed E-state index contributed by atoms with van der Waals surface area (Å²) in [5.74, 6) is -0.631. The van der Waals surface area contributed by atoms with E-state index in [9.17, 15) is 4.79 Å². The van der Waals surface area contributed by atoms with E-state index in [1.807, 2.05) is 25.1 Å². The number of allylic oxidation sites excluding steroid dienone is 1. The van der Waals surface area contributed by atoms with Gasteiger partial charge in [-0.3, -0.25) is 4.79 Å². The van der Waals surface area contributed by atoms with Gasteiger partial charge in [-0.15, -0.1) is 0 Å². The summed E-state index contributed by atoms with van der Waals surface area (Å²) in [6.07, 6.45) is 3.46. The van der Waals surface area contributed by atoms with Gasteiger partial charge in [-0.2, -0.15) is 0 Å². The molecule has 1 rings (SSSR count). The number of hydrogen-bond donors (Lipinski definition) is 0. The van der Waals surface area contributed by atoms with Gasteiger partial charge in [0, 0.05) is 9.14 Å². The van der Waals surface area contributed by atoms with E-state index in [1.54, 1.807) is 24.3 Å². The monoisotopic (exact) mass is 234 g/mol. The number of hydrogen-bond acceptors (Lipinski definition) is 2. The van der Waals surface area contributed by atoms with E-state index < -0.39 is 18.8 Å². The van der Waals surface area contributed by atoms with Gasteiger partial charge in [0.25, 0.3) is 0 Å². The van der Waals surface area contributed by atoms with E-state index in [4.69, 9.17) is 7.48 Å². The molecule has 0 fully saturated rings. The standard InChI is InChI=1S/C15H20O2/c1-2-3-4-8-13-17-15(16)12-11-14-9-6-5-7-10-14/h3-7,9-10H,2,8,11-13H2,1H3/b4-3+/i11D,12D. The van der Waals surface area contributed by atoms with Crippen LogP contribution in [0, 0.1) is 0 Å². The molecule has 0 spiro atoms. The Labute approximate surface area is 106 Å². The summed E-state index contributed by atoms with van der Waals surface area (Å²) in [5, 5.41) is 0. The van der Waals surface area contributed by atoms with Crippen LogP contribution in [0.3, 0.4) is 0 Å². The number of rotatable bonds is 7. The van der Waals surface area contributed by atoms with Crippen molar-refractivity contribution in [1.29, 1.82) is 0 Å². The van der Waals surface area contributed by atoms with Gasteiger partial charge in [-0.25, -0.2) is 0 Å². The van der Waals surface area contributed by atoms with Gasteiger partial charge in [0.05, 0.1) is 6.61 Å². The lowest BCUT2D eigenvalue weighted by Crippen LogP contribution is -2.06. The van der Waals surface area contributed by atoms with Crippen LogP contribution in [0.4, 0.5) is 0 Å². The maximum absolute atomic E-state index is 11.6. The third kappa shape index (κ3) is 6.56. The van der Waals surface area contributed by atoms with Crippen LogP contribution in [-0.2, 0) is 15.9 Å². The molecule has 0 saturated carbocycles. The molecule has 0 amide bonds. The Bertz CT molecular complexity index is 404. The van der Waals surface area contributed by atoms with Crippen molar-refractivity contribution in [2.75, 3.05) is 6.61 Å². The molecule has 0 aliphatic heterocycles. The van der Waals surface area contributed by atoms with Gasteiger partial charge in [0.1, 0.15) is 0 Å². The molecule has 0 N–H and O–H groups in total. The summed E-state index contributed by atoms with van der Waals surface area (Å²) in [7, 11) is 0. The second kappa shape index (κ2) is 8.57. The first-order chi connectivity index (χ1) is 9.16. The third-order valence-corrected chi connectivity index (χ3v) is 2.14. The van der Waals surface area contributed by atoms with E-state index in [-0.39, 0.29) is 6.61 Å². The van der Waals surface area contributed by atoms with Crippen molar-refractivity contribution in [3.8, 4) is 0 Å². The highest BCUT2D eigenvalue weighted by Gasteiger charge is 2.02. The Morgan fingerprint density at radius 1 is 1.35 bits per heavy atom. The average Bonchev–Trinajstić information content (AvgIpc) is 2.46. The van der Waals surface area contributed by atoms with E-state index in [0.717, 1.165) is 6.42 Å². The SMILES string of the molecule is [2H]C(C(=O)OCC/C=C/CC)C([2H])c1ccccc1. The normalized spacial score (nSPS) is 16.1. The molecule has 2 atom stereocenters. The number of ether oxygens (including phenoxy) is 1. The van der Waals surface area contributed by atoms with E-state index in [1.165, 1.54) is 0 Å². The quantitative estimate of drug-likeness (QED) is 0.410. The Morgan fingerprint density at radius 2 is 2.12 bits per heavy atom. The van der Waals surface area contributed by atoms with E-state index in [0.29, 0.717) is 12.0 Å². The Balaban J connectivity index is 2.42. The molecular formula is C15H20O2. The number of benzene rings is 1. The summed E-state index contributed by atoms with van der Waals surface area (Å²) in [5.41, 5.74) is 0.658. The van der Waals surface area contributed by atoms with Crippen molar-refractivity contribution >= 4 is 5.97 Å². The van der Waals surface area contributed by atoms with Crippen LogP contribution >= 0.6 is 0 Å². The van der Waals surface area contributed by atoms with Crippen molar-refractivity contribution in [2.45, 2.75) is 32.6 Å². The third-order valence-electron chi connectivity index (χ3n) is 2.14.